The molecule has 2 heterocycles. The first kappa shape index (κ1) is 11.3. The van der Waals surface area contributed by atoms with Crippen LogP contribution in [0.4, 0.5) is 0 Å². The van der Waals surface area contributed by atoms with E-state index in [-0.39, 0.29) is 0 Å². The van der Waals surface area contributed by atoms with Gasteiger partial charge in [-0.25, -0.2) is 4.79 Å². The molecule has 0 aliphatic heterocycles. The summed E-state index contributed by atoms with van der Waals surface area (Å²) in [6.07, 6.45) is 4.67. The molecular weight excluding hydrogens is 220 g/mol. The highest BCUT2D eigenvalue weighted by Gasteiger charge is 2.31. The highest BCUT2D eigenvalue weighted by molar-refractivity contribution is 5.76. The molecule has 0 aromatic carbocycles. The molecule has 0 fully saturated rings. The van der Waals surface area contributed by atoms with Crippen molar-refractivity contribution in [3.8, 4) is 11.4 Å². The van der Waals surface area contributed by atoms with Crippen LogP contribution < -0.4 is 0 Å². The molecule has 88 valence electrons. The number of pyridine rings is 1. The number of aromatic nitrogens is 4. The molecule has 0 spiro atoms. The largest absolute Gasteiger partial charge is 0.480 e. The average molecular weight is 232 g/mol. The first-order chi connectivity index (χ1) is 8.03. The first-order valence-electron chi connectivity index (χ1n) is 5.08. The minimum atomic E-state index is -1.10. The van der Waals surface area contributed by atoms with E-state index in [2.05, 4.69) is 15.2 Å². The Balaban J connectivity index is 2.53. The van der Waals surface area contributed by atoms with Crippen molar-refractivity contribution >= 4 is 5.97 Å². The molecule has 17 heavy (non-hydrogen) atoms. The van der Waals surface area contributed by atoms with Crippen LogP contribution in [-0.4, -0.2) is 30.8 Å². The van der Waals surface area contributed by atoms with Crippen molar-refractivity contribution in [2.45, 2.75) is 19.4 Å². The molecule has 0 amide bonds. The number of aliphatic carboxylic acids is 1. The zero-order valence-electron chi connectivity index (χ0n) is 9.53. The van der Waals surface area contributed by atoms with E-state index in [1.54, 1.807) is 38.4 Å². The van der Waals surface area contributed by atoms with Crippen LogP contribution in [-0.2, 0) is 10.3 Å². The van der Waals surface area contributed by atoms with Crippen molar-refractivity contribution in [2.24, 2.45) is 0 Å². The minimum absolute atomic E-state index is 0.514. The second-order valence-corrected chi connectivity index (χ2v) is 4.12. The minimum Gasteiger partial charge on any atom is -0.480 e. The van der Waals surface area contributed by atoms with Crippen LogP contribution in [0, 0.1) is 0 Å². The van der Waals surface area contributed by atoms with Crippen molar-refractivity contribution in [2.75, 3.05) is 0 Å². The molecule has 0 aliphatic rings. The lowest BCUT2D eigenvalue weighted by molar-refractivity contribution is -0.145. The lowest BCUT2D eigenvalue weighted by atomic mass is 10.1. The molecule has 2 aromatic heterocycles. The van der Waals surface area contributed by atoms with Crippen LogP contribution in [0.15, 0.2) is 30.9 Å². The third-order valence-corrected chi connectivity index (χ3v) is 2.61. The Labute approximate surface area is 98.0 Å². The van der Waals surface area contributed by atoms with Crippen LogP contribution in [0.2, 0.25) is 0 Å². The highest BCUT2D eigenvalue weighted by atomic mass is 16.4. The van der Waals surface area contributed by atoms with Gasteiger partial charge in [0.15, 0.2) is 5.82 Å². The fourth-order valence-electron chi connectivity index (χ4n) is 1.44. The Hall–Kier alpha value is -2.24. The van der Waals surface area contributed by atoms with Gasteiger partial charge in [-0.2, -0.15) is 0 Å². The summed E-state index contributed by atoms with van der Waals surface area (Å²) in [5.41, 5.74) is -0.311. The van der Waals surface area contributed by atoms with Gasteiger partial charge in [-0.3, -0.25) is 9.55 Å². The summed E-state index contributed by atoms with van der Waals surface area (Å²) in [5, 5.41) is 16.9. The van der Waals surface area contributed by atoms with Crippen LogP contribution in [0.1, 0.15) is 13.8 Å². The third kappa shape index (κ3) is 1.89. The number of rotatable bonds is 3. The van der Waals surface area contributed by atoms with Gasteiger partial charge in [0, 0.05) is 18.0 Å². The van der Waals surface area contributed by atoms with E-state index < -0.39 is 11.5 Å². The average Bonchev–Trinajstić information content (AvgIpc) is 2.79. The van der Waals surface area contributed by atoms with E-state index in [9.17, 15) is 9.90 Å². The molecular formula is C11H12N4O2. The Kier molecular flexibility index (Phi) is 2.63. The predicted molar refractivity (Wildman–Crippen MR) is 60.2 cm³/mol. The van der Waals surface area contributed by atoms with Gasteiger partial charge < -0.3 is 5.11 Å². The van der Waals surface area contributed by atoms with Crippen molar-refractivity contribution in [3.63, 3.8) is 0 Å². The fourth-order valence-corrected chi connectivity index (χ4v) is 1.44. The van der Waals surface area contributed by atoms with E-state index in [1.165, 1.54) is 10.9 Å². The zero-order valence-corrected chi connectivity index (χ0v) is 9.53. The standard InChI is InChI=1S/C11H12N4O2/c1-11(2,10(16)17)15-7-13-14-9(15)8-3-5-12-6-4-8/h3-7H,1-2H3,(H,16,17). The van der Waals surface area contributed by atoms with Gasteiger partial charge in [0.2, 0.25) is 0 Å². The van der Waals surface area contributed by atoms with Crippen molar-refractivity contribution in [1.82, 2.24) is 19.7 Å². The van der Waals surface area contributed by atoms with Crippen LogP contribution in [0.25, 0.3) is 11.4 Å². The van der Waals surface area contributed by atoms with E-state index >= 15 is 0 Å². The fraction of sp³-hybridized carbons (Fsp3) is 0.273. The molecule has 0 atom stereocenters. The van der Waals surface area contributed by atoms with Crippen LogP contribution >= 0.6 is 0 Å². The second-order valence-electron chi connectivity index (χ2n) is 4.12. The molecule has 0 saturated carbocycles. The normalized spacial score (nSPS) is 11.4. The third-order valence-electron chi connectivity index (χ3n) is 2.61. The summed E-state index contributed by atoms with van der Waals surface area (Å²) >= 11 is 0. The maximum absolute atomic E-state index is 11.2. The number of carbonyl (C=O) groups is 1. The molecule has 6 nitrogen and oxygen atoms in total. The van der Waals surface area contributed by atoms with Gasteiger partial charge >= 0.3 is 5.97 Å². The van der Waals surface area contributed by atoms with Gasteiger partial charge in [0.25, 0.3) is 0 Å². The van der Waals surface area contributed by atoms with E-state index in [0.717, 1.165) is 5.56 Å². The summed E-state index contributed by atoms with van der Waals surface area (Å²) in [4.78, 5) is 15.1. The number of hydrogen-bond donors (Lipinski definition) is 1. The van der Waals surface area contributed by atoms with Gasteiger partial charge in [0.1, 0.15) is 11.9 Å². The molecule has 0 aliphatic carbocycles. The first-order valence-corrected chi connectivity index (χ1v) is 5.08. The van der Waals surface area contributed by atoms with E-state index in [0.29, 0.717) is 5.82 Å². The topological polar surface area (TPSA) is 80.9 Å². The zero-order chi connectivity index (χ0) is 12.5. The molecule has 0 bridgehead atoms. The Morgan fingerprint density at radius 2 is 2.00 bits per heavy atom. The molecule has 0 saturated heterocycles. The number of carboxylic acids is 1. The van der Waals surface area contributed by atoms with Crippen LogP contribution in [0.5, 0.6) is 0 Å². The maximum atomic E-state index is 11.2. The van der Waals surface area contributed by atoms with E-state index in [4.69, 9.17) is 0 Å². The molecule has 1 N–H and O–H groups in total. The van der Waals surface area contributed by atoms with E-state index in [1.807, 2.05) is 0 Å². The monoisotopic (exact) mass is 232 g/mol. The van der Waals surface area contributed by atoms with Gasteiger partial charge in [-0.1, -0.05) is 0 Å². The van der Waals surface area contributed by atoms with Gasteiger partial charge in [0.05, 0.1) is 0 Å². The maximum Gasteiger partial charge on any atom is 0.329 e. The highest BCUT2D eigenvalue weighted by Crippen LogP contribution is 2.23. The second kappa shape index (κ2) is 3.97. The Morgan fingerprint density at radius 1 is 1.35 bits per heavy atom. The lowest BCUT2D eigenvalue weighted by Crippen LogP contribution is -2.35. The molecule has 2 aromatic rings. The summed E-state index contributed by atoms with van der Waals surface area (Å²) in [6, 6.07) is 3.52. The smallest absolute Gasteiger partial charge is 0.329 e. The molecule has 0 unspecified atom stereocenters. The van der Waals surface area contributed by atoms with Crippen molar-refractivity contribution in [1.29, 1.82) is 0 Å². The summed E-state index contributed by atoms with van der Waals surface area (Å²) in [5.74, 6) is -0.424. The van der Waals surface area contributed by atoms with Crippen LogP contribution in [0.3, 0.4) is 0 Å². The summed E-state index contributed by atoms with van der Waals surface area (Å²) in [7, 11) is 0. The summed E-state index contributed by atoms with van der Waals surface area (Å²) < 4.78 is 1.53. The van der Waals surface area contributed by atoms with Gasteiger partial charge in [-0.05, 0) is 26.0 Å². The number of hydrogen-bond acceptors (Lipinski definition) is 4. The van der Waals surface area contributed by atoms with Gasteiger partial charge in [-0.15, -0.1) is 10.2 Å². The Bertz CT molecular complexity index is 533. The summed E-state index contributed by atoms with van der Waals surface area (Å²) in [6.45, 7) is 3.20. The molecule has 2 rings (SSSR count). The Morgan fingerprint density at radius 3 is 2.59 bits per heavy atom. The lowest BCUT2D eigenvalue weighted by Gasteiger charge is -2.22. The number of carboxylic acid groups (broad SMARTS) is 1. The SMILES string of the molecule is CC(C)(C(=O)O)n1cnnc1-c1ccncc1. The molecule has 6 heteroatoms. The van der Waals surface area contributed by atoms with Crippen molar-refractivity contribution < 1.29 is 9.90 Å². The predicted octanol–water partition coefficient (Wildman–Crippen LogP) is 1.16. The quantitative estimate of drug-likeness (QED) is 0.858. The number of nitrogens with zero attached hydrogens (tertiary/aromatic N) is 4. The molecule has 0 radical (unpaired) electrons. The van der Waals surface area contributed by atoms with Crippen molar-refractivity contribution in [3.05, 3.63) is 30.9 Å².